The first-order valence-electron chi connectivity index (χ1n) is 19.3. The average Bonchev–Trinajstić information content (AvgIpc) is 3.88. The molecule has 0 spiro atoms. The number of nitrogens with two attached hydrogens (primary N) is 1. The Morgan fingerprint density at radius 1 is 0.643 bits per heavy atom. The van der Waals surface area contributed by atoms with E-state index in [0.717, 1.165) is 67.6 Å². The highest BCUT2D eigenvalue weighted by molar-refractivity contribution is 6.25. The Bertz CT molecular complexity index is 3270. The number of hydrogen-bond acceptors (Lipinski definition) is 3. The lowest BCUT2D eigenvalue weighted by atomic mass is 9.92. The number of nitrogens with zero attached hydrogens (tertiary/aromatic N) is 2. The molecule has 3 N–H and O–H groups in total. The molecule has 0 bridgehead atoms. The molecular weight excluding hydrogens is 685 g/mol. The topological polar surface area (TPSA) is 61.0 Å². The van der Waals surface area contributed by atoms with Crippen molar-refractivity contribution in [3.8, 4) is 5.69 Å². The lowest BCUT2D eigenvalue weighted by Gasteiger charge is -2.24. The van der Waals surface area contributed by atoms with E-state index in [4.69, 9.17) is 10.2 Å². The summed E-state index contributed by atoms with van der Waals surface area (Å²) in [6.45, 7) is 2.31. The maximum absolute atomic E-state index is 6.84. The molecule has 5 heteroatoms. The van der Waals surface area contributed by atoms with Crippen LogP contribution in [0.3, 0.4) is 0 Å². The fraction of sp³-hybridized carbons (Fsp3) is 0.0588. The van der Waals surface area contributed by atoms with E-state index in [1.165, 1.54) is 38.3 Å². The standard InChI is InChI=1S/C51H38N4O/c1-32-26-34(45(28-33-14-4-2-5-15-33)53-44-21-11-10-20-43(44)52)29-36(27-32)55-48-31-47-41(37-18-8-12-22-46(37)54(47)35-16-6-3-7-17-35)30-42(48)39-24-25-40-38-19-9-13-23-49(38)56-51(40)50(39)55/h2-26,28-32,53H,27,52H2,1H3/b45-28+. The first-order valence-corrected chi connectivity index (χ1v) is 19.3. The van der Waals surface area contributed by atoms with Gasteiger partial charge in [-0.1, -0.05) is 116 Å². The molecule has 0 aliphatic heterocycles. The second-order valence-electron chi connectivity index (χ2n) is 15.0. The molecule has 5 nitrogen and oxygen atoms in total. The number of rotatable bonds is 6. The van der Waals surface area contributed by atoms with Gasteiger partial charge in [0, 0.05) is 49.4 Å². The summed E-state index contributed by atoms with van der Waals surface area (Å²) in [5.74, 6) is 0.251. The van der Waals surface area contributed by atoms with Crippen LogP contribution in [-0.4, -0.2) is 9.13 Å². The molecule has 0 saturated carbocycles. The van der Waals surface area contributed by atoms with Crippen LogP contribution < -0.4 is 11.1 Å². The molecule has 1 atom stereocenters. The van der Waals surface area contributed by atoms with Gasteiger partial charge in [-0.05, 0) is 90.2 Å². The summed E-state index contributed by atoms with van der Waals surface area (Å²) in [6, 6.07) is 55.6. The molecule has 11 rings (SSSR count). The van der Waals surface area contributed by atoms with Crippen LogP contribution >= 0.6 is 0 Å². The second kappa shape index (κ2) is 12.7. The lowest BCUT2D eigenvalue weighted by molar-refractivity contribution is 0.670. The van der Waals surface area contributed by atoms with Crippen LogP contribution in [0.5, 0.6) is 0 Å². The maximum Gasteiger partial charge on any atom is 0.160 e. The van der Waals surface area contributed by atoms with Gasteiger partial charge in [-0.3, -0.25) is 0 Å². The first kappa shape index (κ1) is 32.2. The zero-order valence-electron chi connectivity index (χ0n) is 30.9. The van der Waals surface area contributed by atoms with Gasteiger partial charge in [0.1, 0.15) is 5.58 Å². The van der Waals surface area contributed by atoms with Crippen molar-refractivity contribution in [2.24, 2.45) is 5.92 Å². The summed E-state index contributed by atoms with van der Waals surface area (Å²) < 4.78 is 11.7. The van der Waals surface area contributed by atoms with E-state index in [1.54, 1.807) is 0 Å². The molecule has 0 amide bonds. The van der Waals surface area contributed by atoms with Crippen molar-refractivity contribution >= 4 is 88.7 Å². The summed E-state index contributed by atoms with van der Waals surface area (Å²) >= 11 is 0. The molecular formula is C51H38N4O. The number of allylic oxidation sites excluding steroid dienone is 3. The molecule has 1 aliphatic rings. The Balaban J connectivity index is 1.22. The zero-order chi connectivity index (χ0) is 37.3. The number of para-hydroxylation sites is 5. The van der Waals surface area contributed by atoms with Crippen LogP contribution in [0.1, 0.15) is 18.9 Å². The van der Waals surface area contributed by atoms with E-state index in [2.05, 4.69) is 167 Å². The van der Waals surface area contributed by atoms with Gasteiger partial charge in [-0.25, -0.2) is 0 Å². The van der Waals surface area contributed by atoms with Crippen molar-refractivity contribution in [2.75, 3.05) is 11.1 Å². The van der Waals surface area contributed by atoms with Crippen molar-refractivity contribution < 1.29 is 4.42 Å². The number of nitrogen functional groups attached to an aromatic ring is 1. The smallest absolute Gasteiger partial charge is 0.160 e. The Hall–Kier alpha value is -7.24. The largest absolute Gasteiger partial charge is 0.454 e. The van der Waals surface area contributed by atoms with Crippen LogP contribution in [0.4, 0.5) is 11.4 Å². The molecule has 0 radical (unpaired) electrons. The third-order valence-corrected chi connectivity index (χ3v) is 11.3. The summed E-state index contributed by atoms with van der Waals surface area (Å²) in [5.41, 5.74) is 20.0. The Kier molecular flexibility index (Phi) is 7.29. The fourth-order valence-corrected chi connectivity index (χ4v) is 8.86. The van der Waals surface area contributed by atoms with Crippen LogP contribution in [0.15, 0.2) is 186 Å². The number of anilines is 2. The predicted molar refractivity (Wildman–Crippen MR) is 236 cm³/mol. The van der Waals surface area contributed by atoms with Crippen molar-refractivity contribution in [2.45, 2.75) is 13.3 Å². The molecule has 1 aliphatic carbocycles. The monoisotopic (exact) mass is 722 g/mol. The van der Waals surface area contributed by atoms with E-state index in [1.807, 2.05) is 30.3 Å². The molecule has 268 valence electrons. The summed E-state index contributed by atoms with van der Waals surface area (Å²) in [6.07, 6.45) is 7.80. The molecule has 0 fully saturated rings. The lowest BCUT2D eigenvalue weighted by Crippen LogP contribution is -2.11. The first-order chi connectivity index (χ1) is 27.6. The quantitative estimate of drug-likeness (QED) is 0.168. The number of nitrogens with one attached hydrogen (secondary N) is 1. The fourth-order valence-electron chi connectivity index (χ4n) is 8.86. The molecule has 56 heavy (non-hydrogen) atoms. The van der Waals surface area contributed by atoms with Gasteiger partial charge in [0.25, 0.3) is 0 Å². The van der Waals surface area contributed by atoms with Crippen molar-refractivity contribution in [1.82, 2.24) is 9.13 Å². The Morgan fingerprint density at radius 2 is 1.32 bits per heavy atom. The van der Waals surface area contributed by atoms with Crippen molar-refractivity contribution in [3.05, 3.63) is 187 Å². The Labute approximate surface area is 323 Å². The second-order valence-corrected chi connectivity index (χ2v) is 15.0. The van der Waals surface area contributed by atoms with E-state index >= 15 is 0 Å². The molecule has 0 saturated heterocycles. The highest BCUT2D eigenvalue weighted by Crippen LogP contribution is 2.45. The van der Waals surface area contributed by atoms with Gasteiger partial charge >= 0.3 is 0 Å². The molecule has 10 aromatic rings. The number of benzene rings is 7. The van der Waals surface area contributed by atoms with Crippen molar-refractivity contribution in [3.63, 3.8) is 0 Å². The van der Waals surface area contributed by atoms with E-state index in [9.17, 15) is 0 Å². The van der Waals surface area contributed by atoms with E-state index in [0.29, 0.717) is 5.69 Å². The average molecular weight is 723 g/mol. The van der Waals surface area contributed by atoms with Crippen LogP contribution in [0.2, 0.25) is 0 Å². The van der Waals surface area contributed by atoms with Gasteiger partial charge < -0.3 is 24.6 Å². The van der Waals surface area contributed by atoms with Gasteiger partial charge in [-0.15, -0.1) is 0 Å². The maximum atomic E-state index is 6.84. The molecule has 3 aromatic heterocycles. The number of furan rings is 1. The summed E-state index contributed by atoms with van der Waals surface area (Å²) in [5, 5.41) is 10.8. The third kappa shape index (κ3) is 5.09. The predicted octanol–water partition coefficient (Wildman–Crippen LogP) is 13.3. The minimum absolute atomic E-state index is 0.251. The minimum atomic E-state index is 0.251. The molecule has 1 unspecified atom stereocenters. The highest BCUT2D eigenvalue weighted by atomic mass is 16.3. The summed E-state index contributed by atoms with van der Waals surface area (Å²) in [4.78, 5) is 0. The van der Waals surface area contributed by atoms with E-state index in [-0.39, 0.29) is 5.92 Å². The molecule has 7 aromatic carbocycles. The highest BCUT2D eigenvalue weighted by Gasteiger charge is 2.25. The zero-order valence-corrected chi connectivity index (χ0v) is 30.9. The SMILES string of the molecule is CC1C=C(/C(=C\c2ccccc2)Nc2ccccc2N)C=C(n2c3cc4c(cc3c3ccc5c6ccccc6oc5c32)c2ccccc2n4-c2ccccc2)C1. The number of aromatic nitrogens is 2. The minimum Gasteiger partial charge on any atom is -0.454 e. The van der Waals surface area contributed by atoms with Gasteiger partial charge in [-0.2, -0.15) is 0 Å². The Morgan fingerprint density at radius 3 is 2.16 bits per heavy atom. The van der Waals surface area contributed by atoms with Crippen LogP contribution in [0.25, 0.3) is 83.0 Å². The van der Waals surface area contributed by atoms with Crippen LogP contribution in [-0.2, 0) is 0 Å². The number of hydrogen-bond donors (Lipinski definition) is 2. The van der Waals surface area contributed by atoms with Crippen molar-refractivity contribution in [1.29, 1.82) is 0 Å². The van der Waals surface area contributed by atoms with E-state index < -0.39 is 0 Å². The van der Waals surface area contributed by atoms with Gasteiger partial charge in [0.15, 0.2) is 5.58 Å². The van der Waals surface area contributed by atoms with Gasteiger partial charge in [0.05, 0.1) is 33.4 Å². The summed E-state index contributed by atoms with van der Waals surface area (Å²) in [7, 11) is 0. The normalized spacial score (nSPS) is 15.0. The third-order valence-electron chi connectivity index (χ3n) is 11.3. The number of fused-ring (bicyclic) bond motifs is 10. The molecule has 3 heterocycles. The van der Waals surface area contributed by atoms with Crippen LogP contribution in [0, 0.1) is 5.92 Å². The van der Waals surface area contributed by atoms with Gasteiger partial charge in [0.2, 0.25) is 0 Å².